The molecule has 0 fully saturated rings. The summed E-state index contributed by atoms with van der Waals surface area (Å²) in [5.41, 5.74) is 2.35. The van der Waals surface area contributed by atoms with Crippen LogP contribution in [0.15, 0.2) is 18.3 Å². The first-order chi connectivity index (χ1) is 8.60. The second-order valence-electron chi connectivity index (χ2n) is 4.14. The maximum Gasteiger partial charge on any atom is 0.272 e. The molecule has 0 saturated carbocycles. The highest BCUT2D eigenvalue weighted by atomic mass is 16.1. The van der Waals surface area contributed by atoms with Gasteiger partial charge in [0, 0.05) is 19.8 Å². The molecule has 0 radical (unpaired) electrons. The summed E-state index contributed by atoms with van der Waals surface area (Å²) in [6.07, 6.45) is 1.79. The van der Waals surface area contributed by atoms with Crippen molar-refractivity contribution >= 4 is 5.91 Å². The summed E-state index contributed by atoms with van der Waals surface area (Å²) in [5.74, 6) is -0.166. The van der Waals surface area contributed by atoms with E-state index in [9.17, 15) is 4.79 Å². The normalized spacial score (nSPS) is 10.6. The summed E-state index contributed by atoms with van der Waals surface area (Å²) in [6, 6.07) is 3.66. The number of hydrogen-bond donors (Lipinski definition) is 1. The lowest BCUT2D eigenvalue weighted by Crippen LogP contribution is -2.24. The maximum absolute atomic E-state index is 11.8. The van der Waals surface area contributed by atoms with Crippen molar-refractivity contribution in [3.05, 3.63) is 35.4 Å². The van der Waals surface area contributed by atoms with Crippen molar-refractivity contribution in [2.45, 2.75) is 26.9 Å². The van der Waals surface area contributed by atoms with Crippen LogP contribution in [0.5, 0.6) is 0 Å². The van der Waals surface area contributed by atoms with Crippen molar-refractivity contribution < 1.29 is 4.79 Å². The average molecular weight is 247 g/mol. The summed E-state index contributed by atoms with van der Waals surface area (Å²) in [7, 11) is 1.86. The predicted molar refractivity (Wildman–Crippen MR) is 67.0 cm³/mol. The van der Waals surface area contributed by atoms with Crippen LogP contribution in [0.1, 0.15) is 28.8 Å². The summed E-state index contributed by atoms with van der Waals surface area (Å²) in [4.78, 5) is 11.8. The largest absolute Gasteiger partial charge is 0.345 e. The lowest BCUT2D eigenvalue weighted by atomic mass is 10.3. The quantitative estimate of drug-likeness (QED) is 0.872. The number of aryl methyl sites for hydroxylation is 3. The number of nitrogens with one attached hydrogen (secondary N) is 1. The zero-order chi connectivity index (χ0) is 13.1. The zero-order valence-corrected chi connectivity index (χ0v) is 10.8. The van der Waals surface area contributed by atoms with Crippen LogP contribution in [-0.2, 0) is 20.1 Å². The topological polar surface area (TPSA) is 64.7 Å². The molecule has 18 heavy (non-hydrogen) atoms. The number of amides is 1. The van der Waals surface area contributed by atoms with Gasteiger partial charge in [0.2, 0.25) is 0 Å². The predicted octanol–water partition coefficient (Wildman–Crippen LogP) is 0.875. The number of nitrogens with zero attached hydrogens (tertiary/aromatic N) is 4. The molecule has 0 aliphatic carbocycles. The van der Waals surface area contributed by atoms with Crippen molar-refractivity contribution in [2.75, 3.05) is 0 Å². The Balaban J connectivity index is 1.98. The molecule has 2 rings (SSSR count). The minimum Gasteiger partial charge on any atom is -0.345 e. The van der Waals surface area contributed by atoms with Gasteiger partial charge in [-0.1, -0.05) is 0 Å². The van der Waals surface area contributed by atoms with Gasteiger partial charge in [0.05, 0.1) is 17.9 Å². The Morgan fingerprint density at radius 3 is 2.78 bits per heavy atom. The second kappa shape index (κ2) is 5.03. The molecule has 0 atom stereocenters. The number of carbonyl (C=O) groups excluding carboxylic acids is 1. The molecule has 6 nitrogen and oxygen atoms in total. The Kier molecular flexibility index (Phi) is 3.45. The first kappa shape index (κ1) is 12.3. The molecule has 2 heterocycles. The Bertz CT molecular complexity index is 555. The molecular weight excluding hydrogens is 230 g/mol. The van der Waals surface area contributed by atoms with E-state index >= 15 is 0 Å². The first-order valence-corrected chi connectivity index (χ1v) is 5.91. The van der Waals surface area contributed by atoms with E-state index in [1.165, 1.54) is 0 Å². The highest BCUT2D eigenvalue weighted by Crippen LogP contribution is 2.02. The molecule has 0 spiro atoms. The Morgan fingerprint density at radius 1 is 1.44 bits per heavy atom. The van der Waals surface area contributed by atoms with Crippen molar-refractivity contribution in [1.82, 2.24) is 24.9 Å². The van der Waals surface area contributed by atoms with Crippen LogP contribution >= 0.6 is 0 Å². The smallest absolute Gasteiger partial charge is 0.272 e. The van der Waals surface area contributed by atoms with Gasteiger partial charge < -0.3 is 5.32 Å². The number of rotatable bonds is 4. The number of carbonyl (C=O) groups is 1. The van der Waals surface area contributed by atoms with E-state index in [0.29, 0.717) is 12.2 Å². The van der Waals surface area contributed by atoms with Crippen molar-refractivity contribution in [1.29, 1.82) is 0 Å². The third-order valence-electron chi connectivity index (χ3n) is 2.73. The molecular formula is C12H17N5O. The molecule has 0 aliphatic heterocycles. The van der Waals surface area contributed by atoms with Gasteiger partial charge in [-0.3, -0.25) is 14.2 Å². The van der Waals surface area contributed by atoms with Gasteiger partial charge in [0.25, 0.3) is 5.91 Å². The number of hydrogen-bond acceptors (Lipinski definition) is 3. The molecule has 6 heteroatoms. The molecule has 0 aliphatic rings. The van der Waals surface area contributed by atoms with Gasteiger partial charge in [-0.15, -0.1) is 0 Å². The molecule has 1 N–H and O–H groups in total. The molecule has 0 aromatic carbocycles. The SMILES string of the molecule is CCn1ccc(C(=O)NCc2cc(C)nn2C)n1. The van der Waals surface area contributed by atoms with Crippen LogP contribution in [0.2, 0.25) is 0 Å². The highest BCUT2D eigenvalue weighted by Gasteiger charge is 2.10. The van der Waals surface area contributed by atoms with E-state index in [-0.39, 0.29) is 5.91 Å². The van der Waals surface area contributed by atoms with E-state index in [2.05, 4.69) is 15.5 Å². The molecule has 0 bridgehead atoms. The molecule has 0 saturated heterocycles. The molecule has 96 valence electrons. The first-order valence-electron chi connectivity index (χ1n) is 5.91. The Labute approximate surface area is 106 Å². The van der Waals surface area contributed by atoms with Crippen LogP contribution in [0.4, 0.5) is 0 Å². The minimum absolute atomic E-state index is 0.166. The lowest BCUT2D eigenvalue weighted by Gasteiger charge is -2.03. The maximum atomic E-state index is 11.8. The van der Waals surface area contributed by atoms with E-state index in [1.54, 1.807) is 21.6 Å². The van der Waals surface area contributed by atoms with Crippen LogP contribution in [-0.4, -0.2) is 25.5 Å². The fourth-order valence-corrected chi connectivity index (χ4v) is 1.75. The van der Waals surface area contributed by atoms with E-state index in [4.69, 9.17) is 0 Å². The third kappa shape index (κ3) is 2.58. The fourth-order valence-electron chi connectivity index (χ4n) is 1.75. The Hall–Kier alpha value is -2.11. The Morgan fingerprint density at radius 2 is 2.22 bits per heavy atom. The molecule has 0 unspecified atom stereocenters. The van der Waals surface area contributed by atoms with Crippen molar-refractivity contribution in [3.63, 3.8) is 0 Å². The minimum atomic E-state index is -0.166. The van der Waals surface area contributed by atoms with Crippen molar-refractivity contribution in [2.24, 2.45) is 7.05 Å². The monoisotopic (exact) mass is 247 g/mol. The average Bonchev–Trinajstić information content (AvgIpc) is 2.93. The fraction of sp³-hybridized carbons (Fsp3) is 0.417. The van der Waals surface area contributed by atoms with Gasteiger partial charge in [0.15, 0.2) is 0 Å². The van der Waals surface area contributed by atoms with Gasteiger partial charge in [-0.2, -0.15) is 10.2 Å². The van der Waals surface area contributed by atoms with Crippen LogP contribution in [0, 0.1) is 6.92 Å². The molecule has 2 aromatic rings. The van der Waals surface area contributed by atoms with E-state index < -0.39 is 0 Å². The van der Waals surface area contributed by atoms with Gasteiger partial charge in [0.1, 0.15) is 5.69 Å². The third-order valence-corrected chi connectivity index (χ3v) is 2.73. The van der Waals surface area contributed by atoms with Crippen LogP contribution in [0.25, 0.3) is 0 Å². The molecule has 1 amide bonds. The summed E-state index contributed by atoms with van der Waals surface area (Å²) >= 11 is 0. The van der Waals surface area contributed by atoms with E-state index in [0.717, 1.165) is 17.9 Å². The standard InChI is InChI=1S/C12H17N5O/c1-4-17-6-5-11(15-17)12(18)13-8-10-7-9(2)14-16(10)3/h5-7H,4,8H2,1-3H3,(H,13,18). The van der Waals surface area contributed by atoms with Crippen LogP contribution in [0.3, 0.4) is 0 Å². The van der Waals surface area contributed by atoms with Crippen LogP contribution < -0.4 is 5.32 Å². The van der Waals surface area contributed by atoms with Gasteiger partial charge >= 0.3 is 0 Å². The number of aromatic nitrogens is 4. The zero-order valence-electron chi connectivity index (χ0n) is 10.8. The van der Waals surface area contributed by atoms with Gasteiger partial charge in [-0.25, -0.2) is 0 Å². The summed E-state index contributed by atoms with van der Waals surface area (Å²) < 4.78 is 3.49. The summed E-state index contributed by atoms with van der Waals surface area (Å²) in [6.45, 7) is 5.12. The van der Waals surface area contributed by atoms with E-state index in [1.807, 2.05) is 27.0 Å². The lowest BCUT2D eigenvalue weighted by molar-refractivity contribution is 0.0944. The molecule has 2 aromatic heterocycles. The highest BCUT2D eigenvalue weighted by molar-refractivity contribution is 5.92. The second-order valence-corrected chi connectivity index (χ2v) is 4.14. The van der Waals surface area contributed by atoms with Gasteiger partial charge in [-0.05, 0) is 26.0 Å². The summed E-state index contributed by atoms with van der Waals surface area (Å²) in [5, 5.41) is 11.2. The van der Waals surface area contributed by atoms with Crippen molar-refractivity contribution in [3.8, 4) is 0 Å².